The summed E-state index contributed by atoms with van der Waals surface area (Å²) in [5, 5.41) is 0. The van der Waals surface area contributed by atoms with E-state index in [-0.39, 0.29) is 18.1 Å². The number of Topliss-reactive ketones (excluding diaryl/α,β-unsaturated/α-hetero) is 1. The highest BCUT2D eigenvalue weighted by Gasteiger charge is 2.36. The first kappa shape index (κ1) is 14.7. The van der Waals surface area contributed by atoms with Crippen molar-refractivity contribution in [2.24, 2.45) is 5.41 Å². The van der Waals surface area contributed by atoms with E-state index in [4.69, 9.17) is 4.74 Å². The third kappa shape index (κ3) is 3.84. The molecular weight excluding hydrogens is 250 g/mol. The zero-order valence-electron chi connectivity index (χ0n) is 10.8. The van der Waals surface area contributed by atoms with E-state index in [1.54, 1.807) is 33.2 Å². The number of carbonyl (C=O) groups excluding carboxylic acids is 2. The van der Waals surface area contributed by atoms with Gasteiger partial charge in [-0.05, 0) is 32.9 Å². The molecule has 0 N–H and O–H groups in total. The first-order chi connectivity index (χ1) is 8.48. The van der Waals surface area contributed by atoms with E-state index in [1.165, 1.54) is 11.8 Å². The molecule has 0 atom stereocenters. The molecule has 5 heteroatoms. The monoisotopic (exact) mass is 267 g/mol. The minimum absolute atomic E-state index is 0.136. The second kappa shape index (κ2) is 6.54. The SMILES string of the molecule is CCOC(=O)C(C)(C)C(=O)CSc1ccncc1. The normalized spacial score (nSPS) is 11.1. The van der Waals surface area contributed by atoms with E-state index in [0.717, 1.165) is 4.90 Å². The van der Waals surface area contributed by atoms with Gasteiger partial charge in [0.15, 0.2) is 5.78 Å². The van der Waals surface area contributed by atoms with E-state index in [0.29, 0.717) is 0 Å². The highest BCUT2D eigenvalue weighted by atomic mass is 32.2. The molecule has 1 heterocycles. The molecule has 1 rings (SSSR count). The van der Waals surface area contributed by atoms with E-state index >= 15 is 0 Å². The van der Waals surface area contributed by atoms with Crippen molar-refractivity contribution in [3.8, 4) is 0 Å². The number of esters is 1. The molecule has 0 amide bonds. The quantitative estimate of drug-likeness (QED) is 0.450. The number of carbonyl (C=O) groups is 2. The van der Waals surface area contributed by atoms with Crippen LogP contribution < -0.4 is 0 Å². The minimum Gasteiger partial charge on any atom is -0.465 e. The van der Waals surface area contributed by atoms with Crippen LogP contribution in [0.1, 0.15) is 20.8 Å². The molecule has 0 radical (unpaired) electrons. The van der Waals surface area contributed by atoms with Gasteiger partial charge in [-0.15, -0.1) is 11.8 Å². The second-order valence-corrected chi connectivity index (χ2v) is 5.29. The average Bonchev–Trinajstić information content (AvgIpc) is 2.37. The minimum atomic E-state index is -1.09. The van der Waals surface area contributed by atoms with Crippen molar-refractivity contribution in [2.75, 3.05) is 12.4 Å². The molecule has 0 saturated carbocycles. The predicted molar refractivity (Wildman–Crippen MR) is 70.4 cm³/mol. The lowest BCUT2D eigenvalue weighted by Gasteiger charge is -2.20. The third-order valence-electron chi connectivity index (χ3n) is 2.50. The summed E-state index contributed by atoms with van der Waals surface area (Å²) >= 11 is 1.39. The first-order valence-corrected chi connectivity index (χ1v) is 6.70. The summed E-state index contributed by atoms with van der Waals surface area (Å²) in [5.41, 5.74) is -1.09. The van der Waals surface area contributed by atoms with E-state index in [2.05, 4.69) is 4.98 Å². The third-order valence-corrected chi connectivity index (χ3v) is 3.51. The molecule has 0 aromatic carbocycles. The Labute approximate surface area is 111 Å². The number of thioether (sulfide) groups is 1. The average molecular weight is 267 g/mol. The van der Waals surface area contributed by atoms with Gasteiger partial charge >= 0.3 is 5.97 Å². The van der Waals surface area contributed by atoms with Crippen LogP contribution >= 0.6 is 11.8 Å². The van der Waals surface area contributed by atoms with Crippen molar-refractivity contribution in [3.63, 3.8) is 0 Å². The number of pyridine rings is 1. The Bertz CT molecular complexity index is 418. The number of hydrogen-bond donors (Lipinski definition) is 0. The van der Waals surface area contributed by atoms with Gasteiger partial charge < -0.3 is 4.74 Å². The maximum absolute atomic E-state index is 12.0. The van der Waals surface area contributed by atoms with Gasteiger partial charge in [-0.1, -0.05) is 0 Å². The molecular formula is C13H17NO3S. The lowest BCUT2D eigenvalue weighted by Crippen LogP contribution is -2.36. The van der Waals surface area contributed by atoms with Crippen molar-refractivity contribution in [2.45, 2.75) is 25.7 Å². The summed E-state index contributed by atoms with van der Waals surface area (Å²) in [6.07, 6.45) is 3.34. The lowest BCUT2D eigenvalue weighted by atomic mass is 9.89. The van der Waals surface area contributed by atoms with Crippen LogP contribution in [0.3, 0.4) is 0 Å². The summed E-state index contributed by atoms with van der Waals surface area (Å²) in [6.45, 7) is 5.21. The van der Waals surface area contributed by atoms with Gasteiger partial charge in [-0.3, -0.25) is 14.6 Å². The van der Waals surface area contributed by atoms with Crippen LogP contribution in [-0.4, -0.2) is 29.1 Å². The van der Waals surface area contributed by atoms with Crippen molar-refractivity contribution < 1.29 is 14.3 Å². The van der Waals surface area contributed by atoms with Gasteiger partial charge in [0.25, 0.3) is 0 Å². The lowest BCUT2D eigenvalue weighted by molar-refractivity contribution is -0.157. The fraction of sp³-hybridized carbons (Fsp3) is 0.462. The van der Waals surface area contributed by atoms with E-state index < -0.39 is 11.4 Å². The molecule has 0 saturated heterocycles. The number of hydrogen-bond acceptors (Lipinski definition) is 5. The van der Waals surface area contributed by atoms with Crippen molar-refractivity contribution >= 4 is 23.5 Å². The molecule has 0 aliphatic rings. The molecule has 1 aromatic heterocycles. The Morgan fingerprint density at radius 1 is 1.33 bits per heavy atom. The summed E-state index contributed by atoms with van der Waals surface area (Å²) in [5.74, 6) is -0.358. The number of nitrogens with zero attached hydrogens (tertiary/aromatic N) is 1. The van der Waals surface area contributed by atoms with Gasteiger partial charge in [0.05, 0.1) is 12.4 Å². The van der Waals surface area contributed by atoms with Crippen LogP contribution in [0.15, 0.2) is 29.4 Å². The molecule has 18 heavy (non-hydrogen) atoms. The summed E-state index contributed by atoms with van der Waals surface area (Å²) in [4.78, 5) is 28.5. The molecule has 0 aliphatic carbocycles. The summed E-state index contributed by atoms with van der Waals surface area (Å²) in [7, 11) is 0. The summed E-state index contributed by atoms with van der Waals surface area (Å²) < 4.78 is 4.90. The van der Waals surface area contributed by atoms with Crippen LogP contribution in [0.2, 0.25) is 0 Å². The van der Waals surface area contributed by atoms with Crippen molar-refractivity contribution in [1.82, 2.24) is 4.98 Å². The van der Waals surface area contributed by atoms with Crippen molar-refractivity contribution in [3.05, 3.63) is 24.5 Å². The highest BCUT2D eigenvalue weighted by molar-refractivity contribution is 8.00. The van der Waals surface area contributed by atoms with Gasteiger partial charge in [-0.25, -0.2) is 0 Å². The Kier molecular flexibility index (Phi) is 5.34. The Morgan fingerprint density at radius 2 is 1.94 bits per heavy atom. The fourth-order valence-electron chi connectivity index (χ4n) is 1.19. The van der Waals surface area contributed by atoms with E-state index in [1.807, 2.05) is 12.1 Å². The smallest absolute Gasteiger partial charge is 0.319 e. The predicted octanol–water partition coefficient (Wildman–Crippen LogP) is 2.33. The van der Waals surface area contributed by atoms with Gasteiger partial charge in [-0.2, -0.15) is 0 Å². The molecule has 0 spiro atoms. The largest absolute Gasteiger partial charge is 0.465 e. The van der Waals surface area contributed by atoms with E-state index in [9.17, 15) is 9.59 Å². The first-order valence-electron chi connectivity index (χ1n) is 5.71. The molecule has 0 bridgehead atoms. The molecule has 0 fully saturated rings. The highest BCUT2D eigenvalue weighted by Crippen LogP contribution is 2.24. The van der Waals surface area contributed by atoms with Crippen LogP contribution in [-0.2, 0) is 14.3 Å². The number of rotatable bonds is 6. The Balaban J connectivity index is 2.57. The molecule has 0 unspecified atom stereocenters. The van der Waals surface area contributed by atoms with Crippen molar-refractivity contribution in [1.29, 1.82) is 0 Å². The second-order valence-electron chi connectivity index (χ2n) is 4.24. The molecule has 0 aliphatic heterocycles. The Morgan fingerprint density at radius 3 is 2.50 bits per heavy atom. The summed E-state index contributed by atoms with van der Waals surface area (Å²) in [6, 6.07) is 3.66. The van der Waals surface area contributed by atoms with Crippen LogP contribution in [0, 0.1) is 5.41 Å². The van der Waals surface area contributed by atoms with Crippen LogP contribution in [0.5, 0.6) is 0 Å². The zero-order chi connectivity index (χ0) is 13.6. The van der Waals surface area contributed by atoms with Crippen LogP contribution in [0.4, 0.5) is 0 Å². The maximum atomic E-state index is 12.0. The maximum Gasteiger partial charge on any atom is 0.319 e. The van der Waals surface area contributed by atoms with Gasteiger partial charge in [0.1, 0.15) is 5.41 Å². The zero-order valence-corrected chi connectivity index (χ0v) is 11.6. The molecule has 98 valence electrons. The standard InChI is InChI=1S/C13H17NO3S/c1-4-17-12(16)13(2,3)11(15)9-18-10-5-7-14-8-6-10/h5-8H,4,9H2,1-3H3. The number of ether oxygens (including phenoxy) is 1. The number of aromatic nitrogens is 1. The van der Waals surface area contributed by atoms with Gasteiger partial charge in [0.2, 0.25) is 0 Å². The Hall–Kier alpha value is -1.36. The molecule has 1 aromatic rings. The fourth-order valence-corrected chi connectivity index (χ4v) is 2.16. The molecule has 4 nitrogen and oxygen atoms in total. The number of ketones is 1. The topological polar surface area (TPSA) is 56.3 Å². The van der Waals surface area contributed by atoms with Crippen LogP contribution in [0.25, 0.3) is 0 Å². The van der Waals surface area contributed by atoms with Gasteiger partial charge in [0, 0.05) is 17.3 Å².